The Bertz CT molecular complexity index is 465. The Kier molecular flexibility index (Phi) is 7.92. The molecule has 1 fully saturated rings. The Balaban J connectivity index is 0.00000200. The molecule has 0 aromatic heterocycles. The molecule has 0 heterocycles. The van der Waals surface area contributed by atoms with Crippen LogP contribution in [0.3, 0.4) is 0 Å². The Morgan fingerprint density at radius 1 is 1.00 bits per heavy atom. The molecule has 1 aliphatic carbocycles. The van der Waals surface area contributed by atoms with Crippen molar-refractivity contribution in [2.45, 2.75) is 38.5 Å². The van der Waals surface area contributed by atoms with Gasteiger partial charge in [0.1, 0.15) is 0 Å². The zero-order valence-electron chi connectivity index (χ0n) is 11.8. The zero-order chi connectivity index (χ0) is 13.7. The first kappa shape index (κ1) is 18.3. The monoisotopic (exact) mass is 304 g/mol. The Morgan fingerprint density at radius 3 is 2.15 bits per heavy atom. The first-order valence-corrected chi connectivity index (χ1v) is 6.84. The van der Waals surface area contributed by atoms with Gasteiger partial charge in [-0.1, -0.05) is 43.2 Å². The predicted molar refractivity (Wildman–Crippen MR) is 73.2 cm³/mol. The summed E-state index contributed by atoms with van der Waals surface area (Å²) >= 11 is 0. The molecule has 20 heavy (non-hydrogen) atoms. The van der Waals surface area contributed by atoms with E-state index in [0.717, 1.165) is 18.6 Å². The molecular formula is C15H17BF3K. The number of halogens is 3. The van der Waals surface area contributed by atoms with Crippen LogP contribution in [0.25, 0.3) is 0 Å². The van der Waals surface area contributed by atoms with E-state index in [9.17, 15) is 12.9 Å². The van der Waals surface area contributed by atoms with Crippen LogP contribution >= 0.6 is 0 Å². The van der Waals surface area contributed by atoms with E-state index in [2.05, 4.69) is 11.8 Å². The largest absolute Gasteiger partial charge is 1.00 e. The third-order valence-corrected chi connectivity index (χ3v) is 3.64. The Hall–Kier alpha value is 0.271. The SMILES string of the molecule is F[B-](F)(F)c1ccc(C#CCC2CCCCC2)cc1.[K+]. The molecule has 1 aromatic rings. The van der Waals surface area contributed by atoms with Crippen molar-refractivity contribution < 1.29 is 64.3 Å². The zero-order valence-corrected chi connectivity index (χ0v) is 15.0. The second-order valence-corrected chi connectivity index (χ2v) is 5.21. The van der Waals surface area contributed by atoms with Gasteiger partial charge in [-0.25, -0.2) is 0 Å². The van der Waals surface area contributed by atoms with Crippen LogP contribution in [0, 0.1) is 17.8 Å². The molecule has 1 saturated carbocycles. The van der Waals surface area contributed by atoms with Crippen LogP contribution in [0.1, 0.15) is 44.1 Å². The van der Waals surface area contributed by atoms with E-state index in [0.29, 0.717) is 11.5 Å². The van der Waals surface area contributed by atoms with E-state index >= 15 is 0 Å². The fraction of sp³-hybridized carbons (Fsp3) is 0.467. The summed E-state index contributed by atoms with van der Waals surface area (Å²) in [4.78, 5) is 0. The molecule has 102 valence electrons. The summed E-state index contributed by atoms with van der Waals surface area (Å²) < 4.78 is 37.3. The van der Waals surface area contributed by atoms with Gasteiger partial charge in [0.2, 0.25) is 0 Å². The quantitative estimate of drug-likeness (QED) is 0.566. The average molecular weight is 304 g/mol. The molecule has 0 atom stereocenters. The van der Waals surface area contributed by atoms with Crippen molar-refractivity contribution in [3.8, 4) is 11.8 Å². The molecule has 0 spiro atoms. The van der Waals surface area contributed by atoms with Crippen molar-refractivity contribution in [1.82, 2.24) is 0 Å². The summed E-state index contributed by atoms with van der Waals surface area (Å²) in [5.41, 5.74) is 0.109. The van der Waals surface area contributed by atoms with Gasteiger partial charge in [0.05, 0.1) is 0 Å². The standard InChI is InChI=1S/C15H17BF3.K/c17-16(18,19)15-11-9-14(10-12-15)8-4-7-13-5-2-1-3-6-13;/h9-13H,1-3,5-7H2;/q-1;+1. The maximum atomic E-state index is 12.4. The molecule has 0 nitrogen and oxygen atoms in total. The minimum Gasteiger partial charge on any atom is -0.445 e. The van der Waals surface area contributed by atoms with Crippen LogP contribution in [0.5, 0.6) is 0 Å². The van der Waals surface area contributed by atoms with E-state index in [4.69, 9.17) is 0 Å². The predicted octanol–water partition coefficient (Wildman–Crippen LogP) is 1.07. The summed E-state index contributed by atoms with van der Waals surface area (Å²) in [6.07, 6.45) is 7.24. The molecule has 2 rings (SSSR count). The third kappa shape index (κ3) is 5.95. The van der Waals surface area contributed by atoms with E-state index in [1.807, 2.05) is 0 Å². The van der Waals surface area contributed by atoms with E-state index in [1.165, 1.54) is 44.2 Å². The molecule has 0 saturated heterocycles. The minimum absolute atomic E-state index is 0. The minimum atomic E-state index is -4.90. The fourth-order valence-electron chi connectivity index (χ4n) is 2.47. The maximum Gasteiger partial charge on any atom is 1.00 e. The molecule has 0 unspecified atom stereocenters. The molecule has 0 N–H and O–H groups in total. The molecule has 1 aromatic carbocycles. The summed E-state index contributed by atoms with van der Waals surface area (Å²) in [6.45, 7) is -4.90. The molecule has 0 radical (unpaired) electrons. The van der Waals surface area contributed by atoms with Crippen LogP contribution < -0.4 is 56.8 Å². The normalized spacial score (nSPS) is 15.9. The summed E-state index contributed by atoms with van der Waals surface area (Å²) in [6, 6.07) is 5.14. The van der Waals surface area contributed by atoms with E-state index in [1.54, 1.807) is 0 Å². The number of rotatable bonds is 2. The fourth-order valence-corrected chi connectivity index (χ4v) is 2.47. The Morgan fingerprint density at radius 2 is 1.60 bits per heavy atom. The number of hydrogen-bond donors (Lipinski definition) is 0. The maximum absolute atomic E-state index is 12.4. The van der Waals surface area contributed by atoms with Crippen LogP contribution in [-0.2, 0) is 0 Å². The second kappa shape index (κ2) is 8.65. The molecule has 5 heteroatoms. The van der Waals surface area contributed by atoms with Crippen molar-refractivity contribution >= 4 is 12.4 Å². The van der Waals surface area contributed by atoms with Crippen molar-refractivity contribution in [1.29, 1.82) is 0 Å². The first-order valence-electron chi connectivity index (χ1n) is 6.84. The van der Waals surface area contributed by atoms with Crippen molar-refractivity contribution in [2.75, 3.05) is 0 Å². The van der Waals surface area contributed by atoms with Gasteiger partial charge in [-0.3, -0.25) is 0 Å². The van der Waals surface area contributed by atoms with Gasteiger partial charge in [0.25, 0.3) is 0 Å². The average Bonchev–Trinajstić information content (AvgIpc) is 2.39. The number of hydrogen-bond acceptors (Lipinski definition) is 0. The molecule has 0 aliphatic heterocycles. The molecule has 1 aliphatic rings. The van der Waals surface area contributed by atoms with Crippen LogP contribution in [0.4, 0.5) is 12.9 Å². The van der Waals surface area contributed by atoms with Crippen molar-refractivity contribution in [3.63, 3.8) is 0 Å². The van der Waals surface area contributed by atoms with Gasteiger partial charge in [0.15, 0.2) is 0 Å². The molecule has 0 bridgehead atoms. The Labute approximate surface area is 161 Å². The van der Waals surface area contributed by atoms with Crippen molar-refractivity contribution in [3.05, 3.63) is 29.8 Å². The summed E-state index contributed by atoms with van der Waals surface area (Å²) in [7, 11) is 0. The van der Waals surface area contributed by atoms with Gasteiger partial charge in [-0.15, -0.1) is 5.46 Å². The van der Waals surface area contributed by atoms with Gasteiger partial charge < -0.3 is 12.9 Å². The smallest absolute Gasteiger partial charge is 0.445 e. The summed E-state index contributed by atoms with van der Waals surface area (Å²) in [5.74, 6) is 6.74. The van der Waals surface area contributed by atoms with Gasteiger partial charge >= 0.3 is 58.4 Å². The van der Waals surface area contributed by atoms with Gasteiger partial charge in [-0.05, 0) is 30.9 Å². The van der Waals surface area contributed by atoms with Crippen LogP contribution in [-0.4, -0.2) is 6.98 Å². The van der Waals surface area contributed by atoms with Gasteiger partial charge in [0, 0.05) is 12.0 Å². The van der Waals surface area contributed by atoms with Crippen LogP contribution in [0.15, 0.2) is 24.3 Å². The van der Waals surface area contributed by atoms with E-state index in [-0.39, 0.29) is 51.4 Å². The molecular weight excluding hydrogens is 287 g/mol. The molecule has 0 amide bonds. The third-order valence-electron chi connectivity index (χ3n) is 3.64. The second-order valence-electron chi connectivity index (χ2n) is 5.21. The van der Waals surface area contributed by atoms with Crippen LogP contribution in [0.2, 0.25) is 0 Å². The van der Waals surface area contributed by atoms with Crippen molar-refractivity contribution in [2.24, 2.45) is 5.92 Å². The van der Waals surface area contributed by atoms with Gasteiger partial charge in [-0.2, -0.15) is 0 Å². The number of benzene rings is 1. The van der Waals surface area contributed by atoms with E-state index < -0.39 is 12.4 Å². The topological polar surface area (TPSA) is 0 Å². The summed E-state index contributed by atoms with van der Waals surface area (Å²) in [5, 5.41) is 0. The first-order chi connectivity index (χ1) is 9.05.